The minimum Gasteiger partial charge on any atom is -0.367 e. The molecule has 94 valence electrons. The third-order valence-electron chi connectivity index (χ3n) is 2.67. The summed E-state index contributed by atoms with van der Waals surface area (Å²) in [5, 5.41) is 0. The van der Waals surface area contributed by atoms with Crippen molar-refractivity contribution in [2.75, 3.05) is 18.0 Å². The second-order valence-electron chi connectivity index (χ2n) is 4.43. The van der Waals surface area contributed by atoms with E-state index in [4.69, 9.17) is 5.73 Å². The predicted molar refractivity (Wildman–Crippen MR) is 71.7 cm³/mol. The predicted octanol–water partition coefficient (Wildman–Crippen LogP) is 3.25. The molecule has 0 aliphatic carbocycles. The second kappa shape index (κ2) is 5.82. The van der Waals surface area contributed by atoms with Crippen LogP contribution >= 0.6 is 0 Å². The number of halogens is 1. The quantitative estimate of drug-likeness (QED) is 0.795. The molecule has 0 aliphatic heterocycles. The summed E-state index contributed by atoms with van der Waals surface area (Å²) in [6.45, 7) is 11.2. The van der Waals surface area contributed by atoms with Crippen molar-refractivity contribution in [1.29, 1.82) is 0 Å². The molecule has 0 fully saturated rings. The van der Waals surface area contributed by atoms with Gasteiger partial charge in [0, 0.05) is 30.4 Å². The Hall–Kier alpha value is -1.35. The van der Waals surface area contributed by atoms with E-state index in [0.29, 0.717) is 5.56 Å². The number of likely N-dealkylation sites (N-methyl/N-ethyl adjacent to an activating group) is 1. The van der Waals surface area contributed by atoms with Crippen LogP contribution in [0.5, 0.6) is 0 Å². The van der Waals surface area contributed by atoms with Gasteiger partial charge in [-0.15, -0.1) is 0 Å². The third kappa shape index (κ3) is 3.30. The fourth-order valence-electron chi connectivity index (χ4n) is 1.95. The van der Waals surface area contributed by atoms with Crippen LogP contribution in [-0.2, 0) is 0 Å². The van der Waals surface area contributed by atoms with E-state index in [-0.39, 0.29) is 11.9 Å². The Balaban J connectivity index is 3.18. The zero-order valence-electron chi connectivity index (χ0n) is 10.8. The van der Waals surface area contributed by atoms with Gasteiger partial charge in [0.25, 0.3) is 0 Å². The number of hydrogen-bond acceptors (Lipinski definition) is 2. The molecule has 0 bridgehead atoms. The first kappa shape index (κ1) is 13.7. The van der Waals surface area contributed by atoms with Gasteiger partial charge in [0.05, 0.1) is 0 Å². The molecule has 1 rings (SSSR count). The molecular formula is C14H21FN2. The molecule has 2 nitrogen and oxygen atoms in total. The van der Waals surface area contributed by atoms with Crippen LogP contribution in [-0.4, -0.2) is 13.1 Å². The van der Waals surface area contributed by atoms with Gasteiger partial charge in [-0.25, -0.2) is 4.39 Å². The van der Waals surface area contributed by atoms with Crippen LogP contribution in [0, 0.1) is 5.82 Å². The van der Waals surface area contributed by atoms with E-state index in [1.807, 2.05) is 19.9 Å². The molecule has 1 atom stereocenters. The van der Waals surface area contributed by atoms with Crippen LogP contribution in [0.25, 0.3) is 0 Å². The van der Waals surface area contributed by atoms with Crippen molar-refractivity contribution in [3.8, 4) is 0 Å². The van der Waals surface area contributed by atoms with Crippen LogP contribution in [0.1, 0.15) is 32.4 Å². The van der Waals surface area contributed by atoms with Gasteiger partial charge in [-0.2, -0.15) is 0 Å². The summed E-state index contributed by atoms with van der Waals surface area (Å²) in [6, 6.07) is 4.77. The summed E-state index contributed by atoms with van der Waals surface area (Å²) < 4.78 is 13.8. The fraction of sp³-hybridized carbons (Fsp3) is 0.429. The Morgan fingerprint density at radius 2 is 2.18 bits per heavy atom. The summed E-state index contributed by atoms with van der Waals surface area (Å²) in [7, 11) is 0. The Kier molecular flexibility index (Phi) is 4.70. The highest BCUT2D eigenvalue weighted by atomic mass is 19.1. The number of benzene rings is 1. The fourth-order valence-corrected chi connectivity index (χ4v) is 1.95. The zero-order chi connectivity index (χ0) is 13.0. The molecule has 0 spiro atoms. The highest BCUT2D eigenvalue weighted by Crippen LogP contribution is 2.28. The van der Waals surface area contributed by atoms with E-state index < -0.39 is 0 Å². The summed E-state index contributed by atoms with van der Waals surface area (Å²) in [4.78, 5) is 2.09. The molecule has 0 amide bonds. The van der Waals surface area contributed by atoms with Gasteiger partial charge in [-0.3, -0.25) is 0 Å². The molecule has 0 aliphatic rings. The summed E-state index contributed by atoms with van der Waals surface area (Å²) in [5.74, 6) is -0.238. The van der Waals surface area contributed by atoms with Gasteiger partial charge in [0.1, 0.15) is 5.82 Å². The maximum atomic E-state index is 13.8. The first-order valence-corrected chi connectivity index (χ1v) is 5.90. The third-order valence-corrected chi connectivity index (χ3v) is 2.67. The van der Waals surface area contributed by atoms with Gasteiger partial charge in [0.2, 0.25) is 0 Å². The Morgan fingerprint density at radius 1 is 1.53 bits per heavy atom. The van der Waals surface area contributed by atoms with Crippen molar-refractivity contribution in [2.24, 2.45) is 5.73 Å². The molecule has 0 radical (unpaired) electrons. The minimum atomic E-state index is -0.314. The number of anilines is 1. The van der Waals surface area contributed by atoms with E-state index in [0.717, 1.165) is 24.4 Å². The molecule has 0 aromatic heterocycles. The molecule has 17 heavy (non-hydrogen) atoms. The van der Waals surface area contributed by atoms with E-state index >= 15 is 0 Å². The molecular weight excluding hydrogens is 215 g/mol. The van der Waals surface area contributed by atoms with Gasteiger partial charge in [0.15, 0.2) is 0 Å². The normalized spacial score (nSPS) is 12.3. The van der Waals surface area contributed by atoms with E-state index in [1.54, 1.807) is 13.0 Å². The molecule has 0 saturated heterocycles. The Labute approximate surface area is 103 Å². The van der Waals surface area contributed by atoms with E-state index in [9.17, 15) is 4.39 Å². The highest BCUT2D eigenvalue weighted by Gasteiger charge is 2.16. The average Bonchev–Trinajstić information content (AvgIpc) is 2.24. The topological polar surface area (TPSA) is 29.3 Å². The molecule has 1 aromatic carbocycles. The first-order chi connectivity index (χ1) is 7.97. The SMILES string of the molecule is C=C(C)CN(CC)c1cccc(F)c1[C@H](C)N. The number of hydrogen-bond donors (Lipinski definition) is 1. The molecule has 0 heterocycles. The first-order valence-electron chi connectivity index (χ1n) is 5.90. The van der Waals surface area contributed by atoms with E-state index in [2.05, 4.69) is 11.5 Å². The summed E-state index contributed by atoms with van der Waals surface area (Å²) in [5.41, 5.74) is 8.34. The van der Waals surface area contributed by atoms with Gasteiger partial charge in [-0.05, 0) is 32.9 Å². The Morgan fingerprint density at radius 3 is 2.65 bits per heavy atom. The molecule has 0 saturated carbocycles. The van der Waals surface area contributed by atoms with Crippen LogP contribution in [0.4, 0.5) is 10.1 Å². The van der Waals surface area contributed by atoms with Gasteiger partial charge in [-0.1, -0.05) is 18.2 Å². The van der Waals surface area contributed by atoms with Gasteiger partial charge < -0.3 is 10.6 Å². The van der Waals surface area contributed by atoms with Crippen LogP contribution in [0.3, 0.4) is 0 Å². The smallest absolute Gasteiger partial charge is 0.130 e. The minimum absolute atomic E-state index is 0.238. The number of rotatable bonds is 5. The molecule has 0 unspecified atom stereocenters. The van der Waals surface area contributed by atoms with Crippen molar-refractivity contribution >= 4 is 5.69 Å². The molecule has 3 heteroatoms. The monoisotopic (exact) mass is 236 g/mol. The lowest BCUT2D eigenvalue weighted by molar-refractivity contribution is 0.592. The summed E-state index contributed by atoms with van der Waals surface area (Å²) >= 11 is 0. The average molecular weight is 236 g/mol. The van der Waals surface area contributed by atoms with Crippen LogP contribution < -0.4 is 10.6 Å². The van der Waals surface area contributed by atoms with Crippen molar-refractivity contribution in [2.45, 2.75) is 26.8 Å². The maximum absolute atomic E-state index is 13.8. The Bertz CT molecular complexity index is 399. The van der Waals surface area contributed by atoms with Crippen molar-refractivity contribution in [1.82, 2.24) is 0 Å². The second-order valence-corrected chi connectivity index (χ2v) is 4.43. The zero-order valence-corrected chi connectivity index (χ0v) is 10.8. The van der Waals surface area contributed by atoms with Crippen molar-refractivity contribution in [3.05, 3.63) is 41.7 Å². The lowest BCUT2D eigenvalue weighted by Crippen LogP contribution is -2.27. The van der Waals surface area contributed by atoms with Crippen LogP contribution in [0.15, 0.2) is 30.4 Å². The molecule has 2 N–H and O–H groups in total. The van der Waals surface area contributed by atoms with E-state index in [1.165, 1.54) is 6.07 Å². The van der Waals surface area contributed by atoms with Gasteiger partial charge >= 0.3 is 0 Å². The standard InChI is InChI=1S/C14H21FN2/c1-5-17(9-10(2)3)13-8-6-7-12(15)14(13)11(4)16/h6-8,11H,2,5,9,16H2,1,3-4H3/t11-/m0/s1. The lowest BCUT2D eigenvalue weighted by atomic mass is 10.0. The largest absolute Gasteiger partial charge is 0.367 e. The highest BCUT2D eigenvalue weighted by molar-refractivity contribution is 5.56. The summed E-state index contributed by atoms with van der Waals surface area (Å²) in [6.07, 6.45) is 0. The lowest BCUT2D eigenvalue weighted by Gasteiger charge is -2.27. The maximum Gasteiger partial charge on any atom is 0.130 e. The van der Waals surface area contributed by atoms with Crippen molar-refractivity contribution in [3.63, 3.8) is 0 Å². The number of nitrogens with zero attached hydrogens (tertiary/aromatic N) is 1. The van der Waals surface area contributed by atoms with Crippen molar-refractivity contribution < 1.29 is 4.39 Å². The molecule has 1 aromatic rings. The number of nitrogens with two attached hydrogens (primary N) is 1. The van der Waals surface area contributed by atoms with Crippen LogP contribution in [0.2, 0.25) is 0 Å².